The van der Waals surface area contributed by atoms with Gasteiger partial charge in [0.1, 0.15) is 0 Å². The van der Waals surface area contributed by atoms with Gasteiger partial charge >= 0.3 is 0 Å². The van der Waals surface area contributed by atoms with E-state index in [1.165, 1.54) is 16.8 Å². The highest BCUT2D eigenvalue weighted by Gasteiger charge is 2.10. The Bertz CT molecular complexity index is 314. The molecule has 0 N–H and O–H groups in total. The second-order valence-electron chi connectivity index (χ2n) is 4.13. The fourth-order valence-electron chi connectivity index (χ4n) is 1.75. The number of benzene rings is 1. The molecule has 0 fully saturated rings. The van der Waals surface area contributed by atoms with Crippen LogP contribution in [0.15, 0.2) is 18.2 Å². The lowest BCUT2D eigenvalue weighted by Crippen LogP contribution is -2.31. The molecule has 90 valence electrons. The monoisotopic (exact) mass is 223 g/mol. The Morgan fingerprint density at radius 2 is 1.56 bits per heavy atom. The van der Waals surface area contributed by atoms with Gasteiger partial charge in [-0.25, -0.2) is 0 Å². The fourth-order valence-corrected chi connectivity index (χ4v) is 1.75. The molecule has 16 heavy (non-hydrogen) atoms. The van der Waals surface area contributed by atoms with Gasteiger partial charge in [-0.1, -0.05) is 6.07 Å². The number of aryl methyl sites for hydroxylation is 2. The van der Waals surface area contributed by atoms with Crippen molar-refractivity contribution in [1.29, 1.82) is 0 Å². The first kappa shape index (κ1) is 13.0. The first-order valence-corrected chi connectivity index (χ1v) is 5.42. The van der Waals surface area contributed by atoms with Crippen LogP contribution in [0.5, 0.6) is 0 Å². The Morgan fingerprint density at radius 1 is 1.06 bits per heavy atom. The van der Waals surface area contributed by atoms with Gasteiger partial charge in [0.15, 0.2) is 6.29 Å². The first-order valence-electron chi connectivity index (χ1n) is 5.42. The van der Waals surface area contributed by atoms with Gasteiger partial charge in [0.25, 0.3) is 0 Å². The van der Waals surface area contributed by atoms with Gasteiger partial charge in [-0.3, -0.25) is 0 Å². The van der Waals surface area contributed by atoms with Gasteiger partial charge in [0, 0.05) is 27.0 Å². The zero-order chi connectivity index (χ0) is 12.1. The van der Waals surface area contributed by atoms with Crippen molar-refractivity contribution >= 4 is 5.69 Å². The average Bonchev–Trinajstić information content (AvgIpc) is 2.24. The third-order valence-electron chi connectivity index (χ3n) is 2.60. The van der Waals surface area contributed by atoms with E-state index in [-0.39, 0.29) is 6.29 Å². The van der Waals surface area contributed by atoms with Crippen molar-refractivity contribution in [2.24, 2.45) is 0 Å². The summed E-state index contributed by atoms with van der Waals surface area (Å²) in [6, 6.07) is 6.49. The minimum Gasteiger partial charge on any atom is -0.369 e. The molecular weight excluding hydrogens is 202 g/mol. The predicted molar refractivity (Wildman–Crippen MR) is 67.0 cm³/mol. The summed E-state index contributed by atoms with van der Waals surface area (Å²) in [7, 11) is 5.35. The molecule has 0 heterocycles. The predicted octanol–water partition coefficient (Wildman–Crippen LogP) is 2.36. The molecule has 0 aromatic heterocycles. The second-order valence-corrected chi connectivity index (χ2v) is 4.13. The summed E-state index contributed by atoms with van der Waals surface area (Å²) in [5.74, 6) is 0. The standard InChI is InChI=1S/C13H21NO2/c1-10-6-11(2)8-12(7-10)14(3)9-13(15-4)16-5/h6-8,13H,9H2,1-5H3. The molecule has 0 aliphatic carbocycles. The Balaban J connectivity index is 2.75. The van der Waals surface area contributed by atoms with E-state index in [9.17, 15) is 0 Å². The summed E-state index contributed by atoms with van der Waals surface area (Å²) in [6.45, 7) is 4.93. The molecule has 3 heteroatoms. The molecule has 0 radical (unpaired) electrons. The molecule has 0 aliphatic rings. The summed E-state index contributed by atoms with van der Waals surface area (Å²) < 4.78 is 10.4. The van der Waals surface area contributed by atoms with Crippen molar-refractivity contribution in [3.05, 3.63) is 29.3 Å². The van der Waals surface area contributed by atoms with E-state index in [1.54, 1.807) is 14.2 Å². The molecule has 3 nitrogen and oxygen atoms in total. The van der Waals surface area contributed by atoms with E-state index in [1.807, 2.05) is 7.05 Å². The van der Waals surface area contributed by atoms with Gasteiger partial charge in [0.2, 0.25) is 0 Å². The number of ether oxygens (including phenoxy) is 2. The smallest absolute Gasteiger partial charge is 0.174 e. The molecule has 0 bridgehead atoms. The maximum Gasteiger partial charge on any atom is 0.174 e. The van der Waals surface area contributed by atoms with Crippen LogP contribution in [0.2, 0.25) is 0 Å². The van der Waals surface area contributed by atoms with E-state index < -0.39 is 0 Å². The van der Waals surface area contributed by atoms with Crippen LogP contribution < -0.4 is 4.90 Å². The number of likely N-dealkylation sites (N-methyl/N-ethyl adjacent to an activating group) is 1. The highest BCUT2D eigenvalue weighted by Crippen LogP contribution is 2.17. The topological polar surface area (TPSA) is 21.7 Å². The van der Waals surface area contributed by atoms with Gasteiger partial charge in [0.05, 0.1) is 6.54 Å². The Hall–Kier alpha value is -1.06. The number of hydrogen-bond donors (Lipinski definition) is 0. The average molecular weight is 223 g/mol. The Morgan fingerprint density at radius 3 is 2.00 bits per heavy atom. The van der Waals surface area contributed by atoms with E-state index in [0.29, 0.717) is 0 Å². The van der Waals surface area contributed by atoms with E-state index in [2.05, 4.69) is 36.9 Å². The fraction of sp³-hybridized carbons (Fsp3) is 0.538. The van der Waals surface area contributed by atoms with Gasteiger partial charge in [-0.15, -0.1) is 0 Å². The van der Waals surface area contributed by atoms with Crippen LogP contribution >= 0.6 is 0 Å². The number of anilines is 1. The molecule has 0 amide bonds. The summed E-state index contributed by atoms with van der Waals surface area (Å²) in [5.41, 5.74) is 3.73. The van der Waals surface area contributed by atoms with Crippen LogP contribution in [0.1, 0.15) is 11.1 Å². The van der Waals surface area contributed by atoms with Crippen LogP contribution in [-0.2, 0) is 9.47 Å². The lowest BCUT2D eigenvalue weighted by atomic mass is 10.1. The molecule has 1 rings (SSSR count). The second kappa shape index (κ2) is 5.87. The molecular formula is C13H21NO2. The highest BCUT2D eigenvalue weighted by atomic mass is 16.7. The molecule has 0 saturated carbocycles. The largest absolute Gasteiger partial charge is 0.369 e. The summed E-state index contributed by atoms with van der Waals surface area (Å²) >= 11 is 0. The van der Waals surface area contributed by atoms with Gasteiger partial charge < -0.3 is 14.4 Å². The molecule has 0 unspecified atom stereocenters. The number of nitrogens with zero attached hydrogens (tertiary/aromatic N) is 1. The molecule has 1 aromatic carbocycles. The summed E-state index contributed by atoms with van der Waals surface area (Å²) in [5, 5.41) is 0. The van der Waals surface area contributed by atoms with Crippen LogP contribution in [0.4, 0.5) is 5.69 Å². The lowest BCUT2D eigenvalue weighted by Gasteiger charge is -2.24. The SMILES string of the molecule is COC(CN(C)c1cc(C)cc(C)c1)OC. The number of methoxy groups -OCH3 is 2. The maximum absolute atomic E-state index is 5.19. The zero-order valence-corrected chi connectivity index (χ0v) is 10.8. The maximum atomic E-state index is 5.19. The minimum atomic E-state index is -0.189. The van der Waals surface area contributed by atoms with Crippen LogP contribution in [0.3, 0.4) is 0 Å². The summed E-state index contributed by atoms with van der Waals surface area (Å²) in [6.07, 6.45) is -0.189. The van der Waals surface area contributed by atoms with Crippen molar-refractivity contribution in [2.45, 2.75) is 20.1 Å². The van der Waals surface area contributed by atoms with Gasteiger partial charge in [-0.2, -0.15) is 0 Å². The van der Waals surface area contributed by atoms with Crippen LogP contribution in [0, 0.1) is 13.8 Å². The third kappa shape index (κ3) is 3.51. The van der Waals surface area contributed by atoms with E-state index in [4.69, 9.17) is 9.47 Å². The van der Waals surface area contributed by atoms with Crippen molar-refractivity contribution < 1.29 is 9.47 Å². The minimum absolute atomic E-state index is 0.189. The van der Waals surface area contributed by atoms with E-state index >= 15 is 0 Å². The molecule has 0 spiro atoms. The van der Waals surface area contributed by atoms with Gasteiger partial charge in [-0.05, 0) is 37.1 Å². The van der Waals surface area contributed by atoms with Crippen LogP contribution in [0.25, 0.3) is 0 Å². The van der Waals surface area contributed by atoms with Crippen molar-refractivity contribution in [3.63, 3.8) is 0 Å². The van der Waals surface area contributed by atoms with Crippen molar-refractivity contribution in [2.75, 3.05) is 32.7 Å². The quantitative estimate of drug-likeness (QED) is 0.715. The zero-order valence-electron chi connectivity index (χ0n) is 10.8. The lowest BCUT2D eigenvalue weighted by molar-refractivity contribution is -0.0944. The molecule has 0 atom stereocenters. The van der Waals surface area contributed by atoms with E-state index in [0.717, 1.165) is 6.54 Å². The molecule has 0 aliphatic heterocycles. The normalized spacial score (nSPS) is 10.9. The third-order valence-corrected chi connectivity index (χ3v) is 2.60. The molecule has 1 aromatic rings. The van der Waals surface area contributed by atoms with Crippen molar-refractivity contribution in [3.8, 4) is 0 Å². The Kier molecular flexibility index (Phi) is 4.77. The van der Waals surface area contributed by atoms with Crippen LogP contribution in [-0.4, -0.2) is 34.1 Å². The first-order chi connectivity index (χ1) is 7.56. The number of rotatable bonds is 5. The van der Waals surface area contributed by atoms with Crippen molar-refractivity contribution in [1.82, 2.24) is 0 Å². The molecule has 0 saturated heterocycles. The summed E-state index contributed by atoms with van der Waals surface area (Å²) in [4.78, 5) is 2.14. The Labute approximate surface area is 98.0 Å². The highest BCUT2D eigenvalue weighted by molar-refractivity contribution is 5.50. The number of hydrogen-bond acceptors (Lipinski definition) is 3.